The van der Waals surface area contributed by atoms with Gasteiger partial charge in [-0.2, -0.15) is 5.26 Å². The van der Waals surface area contributed by atoms with Gasteiger partial charge in [0, 0.05) is 10.3 Å². The van der Waals surface area contributed by atoms with Gasteiger partial charge in [-0.3, -0.25) is 4.79 Å². The van der Waals surface area contributed by atoms with E-state index in [9.17, 15) is 10.1 Å². The van der Waals surface area contributed by atoms with Crippen LogP contribution in [0.4, 0.5) is 5.00 Å². The lowest BCUT2D eigenvalue weighted by Crippen LogP contribution is -2.14. The minimum atomic E-state index is -0.103. The lowest BCUT2D eigenvalue weighted by molar-refractivity contribution is -0.115. The first-order valence-corrected chi connectivity index (χ1v) is 9.02. The lowest BCUT2D eigenvalue weighted by atomic mass is 9.89. The molecule has 1 aliphatic rings. The van der Waals surface area contributed by atoms with Gasteiger partial charge in [0.15, 0.2) is 0 Å². The molecule has 0 spiro atoms. The van der Waals surface area contributed by atoms with Crippen molar-refractivity contribution >= 4 is 33.6 Å². The van der Waals surface area contributed by atoms with E-state index in [4.69, 9.17) is 0 Å². The van der Waals surface area contributed by atoms with Crippen LogP contribution in [0.5, 0.6) is 0 Å². The molecule has 0 saturated heterocycles. The molecule has 1 aliphatic carbocycles. The number of thiazole rings is 1. The molecule has 0 saturated carbocycles. The van der Waals surface area contributed by atoms with E-state index in [1.165, 1.54) is 4.88 Å². The number of carbonyl (C=O) groups is 1. The average Bonchev–Trinajstić information content (AvgIpc) is 3.01. The number of fused-ring (bicyclic) bond motifs is 1. The molecule has 2 heterocycles. The summed E-state index contributed by atoms with van der Waals surface area (Å²) in [6.45, 7) is 4.16. The van der Waals surface area contributed by atoms with Crippen LogP contribution in [-0.2, 0) is 24.1 Å². The van der Waals surface area contributed by atoms with E-state index in [0.717, 1.165) is 35.5 Å². The van der Waals surface area contributed by atoms with Crippen LogP contribution in [0.3, 0.4) is 0 Å². The molecule has 0 aliphatic heterocycles. The first-order chi connectivity index (χ1) is 10.6. The Labute approximate surface area is 137 Å². The minimum absolute atomic E-state index is 0.103. The number of nitriles is 1. The SMILES string of the molecule is Cc1nc(CC(=O)Nc2sc3c(c2C#N)CC[C@@H](C)C3)cs1. The zero-order valence-corrected chi connectivity index (χ0v) is 14.2. The Morgan fingerprint density at radius 1 is 1.59 bits per heavy atom. The topological polar surface area (TPSA) is 65.8 Å². The zero-order valence-electron chi connectivity index (χ0n) is 12.6. The molecule has 1 amide bonds. The molecular weight excluding hydrogens is 314 g/mol. The normalized spacial score (nSPS) is 16.9. The van der Waals surface area contributed by atoms with Crippen LogP contribution >= 0.6 is 22.7 Å². The molecule has 2 aromatic heterocycles. The largest absolute Gasteiger partial charge is 0.316 e. The third-order valence-electron chi connectivity index (χ3n) is 3.88. The van der Waals surface area contributed by atoms with Gasteiger partial charge in [-0.1, -0.05) is 6.92 Å². The number of aryl methyl sites for hydroxylation is 1. The Kier molecular flexibility index (Phi) is 4.27. The molecule has 0 aromatic carbocycles. The number of thiophene rings is 1. The smallest absolute Gasteiger partial charge is 0.231 e. The standard InChI is InChI=1S/C16H17N3OS2/c1-9-3-4-12-13(7-17)16(22-14(12)5-9)19-15(20)6-11-8-21-10(2)18-11/h8-9H,3-6H2,1-2H3,(H,19,20)/t9-/m1/s1. The lowest BCUT2D eigenvalue weighted by Gasteiger charge is -2.17. The highest BCUT2D eigenvalue weighted by Crippen LogP contribution is 2.39. The first kappa shape index (κ1) is 15.2. The molecule has 0 radical (unpaired) electrons. The number of aromatic nitrogens is 1. The van der Waals surface area contributed by atoms with E-state index >= 15 is 0 Å². The van der Waals surface area contributed by atoms with Gasteiger partial charge in [0.2, 0.25) is 5.91 Å². The Morgan fingerprint density at radius 3 is 3.09 bits per heavy atom. The van der Waals surface area contributed by atoms with Gasteiger partial charge in [-0.05, 0) is 37.7 Å². The van der Waals surface area contributed by atoms with Crippen LogP contribution in [0.25, 0.3) is 0 Å². The number of rotatable bonds is 3. The third-order valence-corrected chi connectivity index (χ3v) is 5.88. The monoisotopic (exact) mass is 331 g/mol. The minimum Gasteiger partial charge on any atom is -0.316 e. The summed E-state index contributed by atoms with van der Waals surface area (Å²) in [4.78, 5) is 17.8. The summed E-state index contributed by atoms with van der Waals surface area (Å²) in [5, 5.41) is 15.9. The Balaban J connectivity index is 1.77. The third kappa shape index (κ3) is 3.06. The molecule has 2 aromatic rings. The van der Waals surface area contributed by atoms with E-state index < -0.39 is 0 Å². The molecule has 22 heavy (non-hydrogen) atoms. The number of amides is 1. The average molecular weight is 331 g/mol. The van der Waals surface area contributed by atoms with Crippen LogP contribution in [-0.4, -0.2) is 10.9 Å². The maximum atomic E-state index is 12.2. The van der Waals surface area contributed by atoms with Crippen LogP contribution in [0.2, 0.25) is 0 Å². The number of nitrogens with zero attached hydrogens (tertiary/aromatic N) is 2. The van der Waals surface area contributed by atoms with Crippen molar-refractivity contribution in [2.24, 2.45) is 5.92 Å². The first-order valence-electron chi connectivity index (χ1n) is 7.32. The molecule has 0 unspecified atom stereocenters. The fourth-order valence-electron chi connectivity index (χ4n) is 2.78. The van der Waals surface area contributed by atoms with Crippen molar-refractivity contribution in [3.63, 3.8) is 0 Å². The highest BCUT2D eigenvalue weighted by molar-refractivity contribution is 7.16. The Bertz CT molecular complexity index is 754. The van der Waals surface area contributed by atoms with E-state index in [1.807, 2.05) is 12.3 Å². The predicted molar refractivity (Wildman–Crippen MR) is 89.4 cm³/mol. The molecule has 1 atom stereocenters. The maximum absolute atomic E-state index is 12.2. The summed E-state index contributed by atoms with van der Waals surface area (Å²) in [5.41, 5.74) is 2.59. The van der Waals surface area contributed by atoms with Crippen molar-refractivity contribution in [2.45, 2.75) is 39.5 Å². The number of nitrogens with one attached hydrogen (secondary N) is 1. The molecule has 114 valence electrons. The fourth-order valence-corrected chi connectivity index (χ4v) is 4.77. The summed E-state index contributed by atoms with van der Waals surface area (Å²) >= 11 is 3.10. The summed E-state index contributed by atoms with van der Waals surface area (Å²) in [6.07, 6.45) is 3.32. The van der Waals surface area contributed by atoms with Crippen molar-refractivity contribution < 1.29 is 4.79 Å². The number of carbonyl (C=O) groups excluding carboxylic acids is 1. The molecular formula is C16H17N3OS2. The molecule has 0 fully saturated rings. The highest BCUT2D eigenvalue weighted by Gasteiger charge is 2.24. The van der Waals surface area contributed by atoms with Gasteiger partial charge in [0.1, 0.15) is 11.1 Å². The van der Waals surface area contributed by atoms with E-state index in [2.05, 4.69) is 23.3 Å². The van der Waals surface area contributed by atoms with Crippen molar-refractivity contribution in [2.75, 3.05) is 5.32 Å². The van der Waals surface area contributed by atoms with E-state index in [0.29, 0.717) is 16.5 Å². The van der Waals surface area contributed by atoms with E-state index in [-0.39, 0.29) is 12.3 Å². The van der Waals surface area contributed by atoms with Gasteiger partial charge in [-0.25, -0.2) is 4.98 Å². The van der Waals surface area contributed by atoms with Crippen molar-refractivity contribution in [3.8, 4) is 6.07 Å². The van der Waals surface area contributed by atoms with Crippen molar-refractivity contribution in [3.05, 3.63) is 32.1 Å². The molecule has 3 rings (SSSR count). The van der Waals surface area contributed by atoms with Gasteiger partial charge in [0.25, 0.3) is 0 Å². The Morgan fingerprint density at radius 2 is 2.41 bits per heavy atom. The summed E-state index contributed by atoms with van der Waals surface area (Å²) in [7, 11) is 0. The Hall–Kier alpha value is -1.71. The van der Waals surface area contributed by atoms with E-state index in [1.54, 1.807) is 22.7 Å². The molecule has 6 heteroatoms. The highest BCUT2D eigenvalue weighted by atomic mass is 32.1. The van der Waals surface area contributed by atoms with Crippen molar-refractivity contribution in [1.29, 1.82) is 5.26 Å². The van der Waals surface area contributed by atoms with Gasteiger partial charge < -0.3 is 5.32 Å². The second-order valence-corrected chi connectivity index (χ2v) is 7.92. The quantitative estimate of drug-likeness (QED) is 0.933. The summed E-state index contributed by atoms with van der Waals surface area (Å²) < 4.78 is 0. The van der Waals surface area contributed by atoms with Crippen LogP contribution in [0.1, 0.15) is 40.1 Å². The summed E-state index contributed by atoms with van der Waals surface area (Å²) in [6, 6.07) is 2.27. The molecule has 0 bridgehead atoms. The number of hydrogen-bond acceptors (Lipinski definition) is 5. The fraction of sp³-hybridized carbons (Fsp3) is 0.438. The van der Waals surface area contributed by atoms with Crippen LogP contribution in [0, 0.1) is 24.2 Å². The molecule has 4 nitrogen and oxygen atoms in total. The second-order valence-electron chi connectivity index (χ2n) is 5.75. The predicted octanol–water partition coefficient (Wildman–Crippen LogP) is 3.69. The summed E-state index contributed by atoms with van der Waals surface area (Å²) in [5.74, 6) is 0.549. The second kappa shape index (κ2) is 6.19. The van der Waals surface area contributed by atoms with Crippen LogP contribution < -0.4 is 5.32 Å². The number of hydrogen-bond donors (Lipinski definition) is 1. The van der Waals surface area contributed by atoms with Gasteiger partial charge in [-0.15, -0.1) is 22.7 Å². The van der Waals surface area contributed by atoms with Gasteiger partial charge in [0.05, 0.1) is 22.7 Å². The molecule has 1 N–H and O–H groups in total. The zero-order chi connectivity index (χ0) is 15.7. The number of anilines is 1. The van der Waals surface area contributed by atoms with Crippen LogP contribution in [0.15, 0.2) is 5.38 Å². The van der Waals surface area contributed by atoms with Gasteiger partial charge >= 0.3 is 0 Å². The van der Waals surface area contributed by atoms with Crippen molar-refractivity contribution in [1.82, 2.24) is 4.98 Å². The maximum Gasteiger partial charge on any atom is 0.231 e.